The molecule has 4 rings (SSSR count). The lowest BCUT2D eigenvalue weighted by Gasteiger charge is -2.21. The van der Waals surface area contributed by atoms with Crippen molar-refractivity contribution in [3.8, 4) is 28.5 Å². The molecule has 0 aliphatic carbocycles. The first-order valence-corrected chi connectivity index (χ1v) is 14.0. The molecule has 218 valence electrons. The molecule has 2 aromatic heterocycles. The molecule has 1 atom stereocenters. The highest BCUT2D eigenvalue weighted by atomic mass is 35.5. The highest BCUT2D eigenvalue weighted by Crippen LogP contribution is 2.35. The molecule has 2 amide bonds. The van der Waals surface area contributed by atoms with Gasteiger partial charge in [0.1, 0.15) is 11.8 Å². The van der Waals surface area contributed by atoms with Gasteiger partial charge in [-0.05, 0) is 54.9 Å². The Balaban J connectivity index is 1.55. The molecule has 0 bridgehead atoms. The number of nitrogens with one attached hydrogen (secondary N) is 3. The van der Waals surface area contributed by atoms with Crippen LogP contribution >= 0.6 is 23.2 Å². The van der Waals surface area contributed by atoms with Gasteiger partial charge in [-0.1, -0.05) is 47.5 Å². The van der Waals surface area contributed by atoms with Crippen LogP contribution in [-0.4, -0.2) is 75.7 Å². The van der Waals surface area contributed by atoms with Crippen LogP contribution in [0.1, 0.15) is 40.3 Å². The van der Waals surface area contributed by atoms with Crippen LogP contribution < -0.4 is 5.32 Å². The van der Waals surface area contributed by atoms with Crippen LogP contribution in [0.15, 0.2) is 54.7 Å². The summed E-state index contributed by atoms with van der Waals surface area (Å²) in [5, 5.41) is 30.5. The average molecular weight is 609 g/mol. The number of amides is 2. The van der Waals surface area contributed by atoms with E-state index in [0.717, 1.165) is 5.56 Å². The van der Waals surface area contributed by atoms with E-state index in [4.69, 9.17) is 23.2 Å². The molecule has 0 unspecified atom stereocenters. The summed E-state index contributed by atoms with van der Waals surface area (Å²) in [6, 6.07) is 15.5. The smallest absolute Gasteiger partial charge is 0.268 e. The maximum atomic E-state index is 13.0. The second-order valence-electron chi connectivity index (χ2n) is 9.89. The summed E-state index contributed by atoms with van der Waals surface area (Å²) in [7, 11) is 3.62. The number of nitriles is 1. The Morgan fingerprint density at radius 3 is 2.60 bits per heavy atom. The van der Waals surface area contributed by atoms with Crippen molar-refractivity contribution in [1.82, 2.24) is 30.3 Å². The summed E-state index contributed by atoms with van der Waals surface area (Å²) in [5.41, 5.74) is 4.27. The van der Waals surface area contributed by atoms with Crippen molar-refractivity contribution in [2.75, 3.05) is 33.8 Å². The van der Waals surface area contributed by atoms with E-state index in [1.54, 1.807) is 54.5 Å². The number of aromatic amines is 2. The number of carbonyl (C=O) groups is 2. The van der Waals surface area contributed by atoms with Crippen LogP contribution in [0.2, 0.25) is 10.0 Å². The van der Waals surface area contributed by atoms with E-state index < -0.39 is 11.9 Å². The third-order valence-electron chi connectivity index (χ3n) is 6.91. The first-order chi connectivity index (χ1) is 20.1. The number of halogens is 2. The maximum Gasteiger partial charge on any atom is 0.268 e. The number of aliphatic hydroxyl groups is 1. The first kappa shape index (κ1) is 30.8. The second-order valence-corrected chi connectivity index (χ2v) is 10.7. The Bertz CT molecular complexity index is 1630. The number of nitrogens with zero attached hydrogens (tertiary/aromatic N) is 4. The summed E-state index contributed by atoms with van der Waals surface area (Å²) < 4.78 is 0. The van der Waals surface area contributed by atoms with Gasteiger partial charge in [-0.15, -0.1) is 0 Å². The van der Waals surface area contributed by atoms with Gasteiger partial charge in [-0.3, -0.25) is 19.6 Å². The highest BCUT2D eigenvalue weighted by molar-refractivity contribution is 6.31. The minimum Gasteiger partial charge on any atom is -0.394 e. The van der Waals surface area contributed by atoms with E-state index in [2.05, 4.69) is 26.6 Å². The number of H-pyrrole nitrogens is 2. The molecule has 4 N–H and O–H groups in total. The molecule has 0 aliphatic heterocycles. The zero-order valence-corrected chi connectivity index (χ0v) is 24.9. The molecule has 2 aromatic carbocycles. The third-order valence-corrected chi connectivity index (χ3v) is 7.50. The van der Waals surface area contributed by atoms with Crippen molar-refractivity contribution in [2.24, 2.45) is 0 Å². The van der Waals surface area contributed by atoms with Crippen molar-refractivity contribution in [1.29, 1.82) is 5.26 Å². The average Bonchev–Trinajstić information content (AvgIpc) is 3.64. The van der Waals surface area contributed by atoms with E-state index in [0.29, 0.717) is 51.1 Å². The molecule has 4 aromatic rings. The predicted octanol–water partition coefficient (Wildman–Crippen LogP) is 4.62. The molecule has 0 radical (unpaired) electrons. The SMILES string of the molecule is CCN(C)C(=O)CN(C)Cc1ccc(-c2c(C#N)n[nH]c2-c2c[nH]c(C(=O)N[C@H](CO)c3cccc(Cl)c3)c2)cc1Cl. The van der Waals surface area contributed by atoms with Crippen LogP contribution in [-0.2, 0) is 11.3 Å². The Kier molecular flexibility index (Phi) is 10.0. The molecule has 0 saturated heterocycles. The van der Waals surface area contributed by atoms with Gasteiger partial charge in [-0.2, -0.15) is 10.4 Å². The molecule has 2 heterocycles. The zero-order chi connectivity index (χ0) is 30.4. The Hall–Kier alpha value is -4.14. The van der Waals surface area contributed by atoms with Crippen LogP contribution in [0.25, 0.3) is 22.4 Å². The molecular formula is C30H31Cl2N7O3. The van der Waals surface area contributed by atoms with Crippen molar-refractivity contribution in [3.63, 3.8) is 0 Å². The Morgan fingerprint density at radius 2 is 1.93 bits per heavy atom. The summed E-state index contributed by atoms with van der Waals surface area (Å²) in [5.74, 6) is -0.410. The quantitative estimate of drug-likeness (QED) is 0.196. The van der Waals surface area contributed by atoms with E-state index >= 15 is 0 Å². The summed E-state index contributed by atoms with van der Waals surface area (Å²) >= 11 is 12.7. The number of carbonyl (C=O) groups excluding carboxylic acids is 2. The van der Waals surface area contributed by atoms with Gasteiger partial charge in [0.25, 0.3) is 5.91 Å². The Labute approximate surface area is 253 Å². The largest absolute Gasteiger partial charge is 0.394 e. The van der Waals surface area contributed by atoms with E-state index in [-0.39, 0.29) is 30.4 Å². The molecule has 10 nitrogen and oxygen atoms in total. The van der Waals surface area contributed by atoms with Gasteiger partial charge in [0.05, 0.1) is 24.9 Å². The van der Waals surface area contributed by atoms with Crippen molar-refractivity contribution in [2.45, 2.75) is 19.5 Å². The molecular weight excluding hydrogens is 577 g/mol. The molecule has 42 heavy (non-hydrogen) atoms. The fourth-order valence-electron chi connectivity index (χ4n) is 4.48. The van der Waals surface area contributed by atoms with Gasteiger partial charge in [0, 0.05) is 47.5 Å². The summed E-state index contributed by atoms with van der Waals surface area (Å²) in [6.07, 6.45) is 1.63. The van der Waals surface area contributed by atoms with Crippen LogP contribution in [0, 0.1) is 11.3 Å². The van der Waals surface area contributed by atoms with Gasteiger partial charge < -0.3 is 20.3 Å². The van der Waals surface area contributed by atoms with Gasteiger partial charge in [0.2, 0.25) is 5.91 Å². The third kappa shape index (κ3) is 7.01. The molecule has 0 spiro atoms. The number of rotatable bonds is 11. The van der Waals surface area contributed by atoms with E-state index in [1.807, 2.05) is 31.0 Å². The topological polar surface area (TPSA) is 141 Å². The number of benzene rings is 2. The van der Waals surface area contributed by atoms with Crippen molar-refractivity contribution >= 4 is 35.0 Å². The molecule has 12 heteroatoms. The molecule has 0 aliphatic rings. The number of hydrogen-bond acceptors (Lipinski definition) is 6. The zero-order valence-electron chi connectivity index (χ0n) is 23.4. The normalized spacial score (nSPS) is 11.8. The summed E-state index contributed by atoms with van der Waals surface area (Å²) in [6.45, 7) is 2.97. The lowest BCUT2D eigenvalue weighted by atomic mass is 9.99. The number of aliphatic hydroxyl groups excluding tert-OH is 1. The number of hydrogen-bond donors (Lipinski definition) is 4. The summed E-state index contributed by atoms with van der Waals surface area (Å²) in [4.78, 5) is 31.8. The van der Waals surface area contributed by atoms with Crippen LogP contribution in [0.5, 0.6) is 0 Å². The standard InChI is InChI=1S/C30H31Cl2N7O3/c1-4-39(3)27(41)16-38(2)15-20-9-8-19(11-23(20)32)28-25(13-33)36-37-29(28)21-12-24(34-14-21)30(42)35-26(17-40)18-6-5-7-22(31)10-18/h5-12,14,26,34,40H,4,15-17H2,1-3H3,(H,35,42)(H,36,37)/t26-/m1/s1. The highest BCUT2D eigenvalue weighted by Gasteiger charge is 2.22. The molecule has 0 fully saturated rings. The van der Waals surface area contributed by atoms with E-state index in [9.17, 15) is 20.0 Å². The minimum absolute atomic E-state index is 0.0188. The van der Waals surface area contributed by atoms with Crippen LogP contribution in [0.3, 0.4) is 0 Å². The lowest BCUT2D eigenvalue weighted by molar-refractivity contribution is -0.130. The van der Waals surface area contributed by atoms with Gasteiger partial charge in [0.15, 0.2) is 5.69 Å². The van der Waals surface area contributed by atoms with Crippen molar-refractivity contribution < 1.29 is 14.7 Å². The van der Waals surface area contributed by atoms with Gasteiger partial charge >= 0.3 is 0 Å². The maximum absolute atomic E-state index is 13.0. The second kappa shape index (κ2) is 13.7. The fourth-order valence-corrected chi connectivity index (χ4v) is 4.92. The van der Waals surface area contributed by atoms with E-state index in [1.165, 1.54) is 0 Å². The minimum atomic E-state index is -0.652. The fraction of sp³-hybridized carbons (Fsp3) is 0.267. The predicted molar refractivity (Wildman–Crippen MR) is 162 cm³/mol. The van der Waals surface area contributed by atoms with Crippen LogP contribution in [0.4, 0.5) is 0 Å². The van der Waals surface area contributed by atoms with Gasteiger partial charge in [-0.25, -0.2) is 0 Å². The number of aromatic nitrogens is 3. The Morgan fingerprint density at radius 1 is 1.14 bits per heavy atom. The number of likely N-dealkylation sites (N-methyl/N-ethyl adjacent to an activating group) is 2. The first-order valence-electron chi connectivity index (χ1n) is 13.2. The van der Waals surface area contributed by atoms with Crippen molar-refractivity contribution in [3.05, 3.63) is 87.3 Å². The monoisotopic (exact) mass is 607 g/mol. The lowest BCUT2D eigenvalue weighted by Crippen LogP contribution is -2.36. The molecule has 0 saturated carbocycles.